The maximum atomic E-state index is 13.8. The molecule has 0 radical (unpaired) electrons. The maximum Gasteiger partial charge on any atom is 0.253 e. The number of ether oxygens (including phenoxy) is 1. The fourth-order valence-corrected chi connectivity index (χ4v) is 6.40. The Kier molecular flexibility index (Phi) is 8.98. The lowest BCUT2D eigenvalue weighted by Crippen LogP contribution is -2.28. The highest BCUT2D eigenvalue weighted by Gasteiger charge is 2.33. The minimum absolute atomic E-state index is 0.0111. The maximum absolute atomic E-state index is 13.8. The van der Waals surface area contributed by atoms with E-state index in [2.05, 4.69) is 15.5 Å². The van der Waals surface area contributed by atoms with Crippen LogP contribution in [0.1, 0.15) is 39.1 Å². The highest BCUT2D eigenvalue weighted by Crippen LogP contribution is 2.35. The molecular weight excluding hydrogens is 619 g/mol. The van der Waals surface area contributed by atoms with Gasteiger partial charge in [0.05, 0.1) is 36.0 Å². The third kappa shape index (κ3) is 6.79. The van der Waals surface area contributed by atoms with Crippen molar-refractivity contribution in [3.63, 3.8) is 0 Å². The molecule has 45 heavy (non-hydrogen) atoms. The molecule has 3 aromatic carbocycles. The van der Waals surface area contributed by atoms with E-state index in [4.69, 9.17) is 9.84 Å². The van der Waals surface area contributed by atoms with E-state index < -0.39 is 17.5 Å². The zero-order chi connectivity index (χ0) is 31.3. The zero-order valence-corrected chi connectivity index (χ0v) is 25.5. The van der Waals surface area contributed by atoms with Crippen LogP contribution in [0.5, 0.6) is 5.75 Å². The van der Waals surface area contributed by atoms with Gasteiger partial charge >= 0.3 is 0 Å². The lowest BCUT2D eigenvalue weighted by atomic mass is 10.0. The average molecular weight is 645 g/mol. The van der Waals surface area contributed by atoms with Gasteiger partial charge in [-0.05, 0) is 71.6 Å². The molecule has 9 nitrogen and oxygen atoms in total. The summed E-state index contributed by atoms with van der Waals surface area (Å²) in [5.74, 6) is -0.630. The number of nitrogens with zero attached hydrogens (tertiary/aromatic N) is 5. The number of thioether (sulfide) groups is 1. The summed E-state index contributed by atoms with van der Waals surface area (Å²) in [6.07, 6.45) is 0.560. The van der Waals surface area contributed by atoms with Crippen molar-refractivity contribution < 1.29 is 23.1 Å². The monoisotopic (exact) mass is 644 g/mol. The van der Waals surface area contributed by atoms with E-state index >= 15 is 0 Å². The van der Waals surface area contributed by atoms with Gasteiger partial charge in [0, 0.05) is 17.7 Å². The number of halogens is 2. The van der Waals surface area contributed by atoms with E-state index in [1.165, 1.54) is 35.3 Å². The second-order valence-corrected chi connectivity index (χ2v) is 11.8. The Hall–Kier alpha value is -4.88. The third-order valence-corrected chi connectivity index (χ3v) is 8.91. The van der Waals surface area contributed by atoms with Gasteiger partial charge in [0.15, 0.2) is 11.0 Å². The topological polar surface area (TPSA) is 102 Å². The van der Waals surface area contributed by atoms with Crippen LogP contribution in [-0.4, -0.2) is 50.2 Å². The third-order valence-electron chi connectivity index (χ3n) is 7.08. The number of rotatable bonds is 10. The first-order chi connectivity index (χ1) is 21.9. The predicted molar refractivity (Wildman–Crippen MR) is 168 cm³/mol. The van der Waals surface area contributed by atoms with Crippen LogP contribution in [0.3, 0.4) is 0 Å². The molecule has 2 amide bonds. The molecule has 1 N–H and O–H groups in total. The lowest BCUT2D eigenvalue weighted by molar-refractivity contribution is -0.130. The van der Waals surface area contributed by atoms with Gasteiger partial charge in [-0.15, -0.1) is 21.5 Å². The number of aromatic nitrogens is 3. The fraction of sp³-hybridized carbons (Fsp3) is 0.156. The Morgan fingerprint density at radius 1 is 1.00 bits per heavy atom. The summed E-state index contributed by atoms with van der Waals surface area (Å²) in [7, 11) is 1.60. The number of hydrogen-bond acceptors (Lipinski definition) is 8. The number of methoxy groups -OCH3 is 1. The Bertz CT molecular complexity index is 1840. The van der Waals surface area contributed by atoms with Crippen molar-refractivity contribution in [2.24, 2.45) is 5.10 Å². The molecule has 0 aliphatic carbocycles. The van der Waals surface area contributed by atoms with Crippen LogP contribution in [0.4, 0.5) is 8.78 Å². The number of hydrogen-bond donors (Lipinski definition) is 1. The molecule has 0 unspecified atom stereocenters. The molecule has 1 aliphatic heterocycles. The van der Waals surface area contributed by atoms with Crippen LogP contribution in [-0.2, 0) is 11.3 Å². The number of thiophene rings is 1. The lowest BCUT2D eigenvalue weighted by Gasteiger charge is -2.22. The quantitative estimate of drug-likeness (QED) is 0.187. The molecule has 0 saturated heterocycles. The first kappa shape index (κ1) is 30.2. The molecule has 13 heteroatoms. The molecule has 5 aromatic rings. The largest absolute Gasteiger partial charge is 0.497 e. The molecule has 3 heterocycles. The standard InChI is InChI=1S/C32H26F2N6O3S2/c1-43-25-13-7-20(8-14-25)27-17-26(28-6-3-15-44-28)38-40(27)30(41)19-45-32-37-36-29(39(32)24-11-9-22(33)10-12-24)18-35-31(42)21-4-2-5-23(34)16-21/h2-16,27H,17-19H2,1H3,(H,35,42)/t27-/m0/s1. The van der Waals surface area contributed by atoms with Gasteiger partial charge in [0.25, 0.3) is 11.8 Å². The Morgan fingerprint density at radius 3 is 2.51 bits per heavy atom. The minimum atomic E-state index is -0.528. The summed E-state index contributed by atoms with van der Waals surface area (Å²) in [6.45, 7) is -0.0473. The van der Waals surface area contributed by atoms with E-state index in [1.54, 1.807) is 35.1 Å². The molecule has 228 valence electrons. The number of amides is 2. The highest BCUT2D eigenvalue weighted by atomic mass is 32.2. The number of carbonyl (C=O) groups is 2. The van der Waals surface area contributed by atoms with Crippen molar-refractivity contribution in [1.29, 1.82) is 0 Å². The Labute approximate surface area is 265 Å². The number of nitrogens with one attached hydrogen (secondary N) is 1. The van der Waals surface area contributed by atoms with Crippen LogP contribution in [0.15, 0.2) is 101 Å². The molecule has 6 rings (SSSR count). The number of carbonyl (C=O) groups excluding carboxylic acids is 2. The van der Waals surface area contributed by atoms with Gasteiger partial charge in [-0.1, -0.05) is 36.0 Å². The summed E-state index contributed by atoms with van der Waals surface area (Å²) in [5.41, 5.74) is 2.45. The molecule has 0 spiro atoms. The van der Waals surface area contributed by atoms with E-state index in [0.717, 1.165) is 34.0 Å². The van der Waals surface area contributed by atoms with Crippen LogP contribution < -0.4 is 10.1 Å². The van der Waals surface area contributed by atoms with Crippen LogP contribution in [0.25, 0.3) is 5.69 Å². The van der Waals surface area contributed by atoms with Crippen molar-refractivity contribution >= 4 is 40.6 Å². The zero-order valence-electron chi connectivity index (χ0n) is 23.9. The second-order valence-electron chi connectivity index (χ2n) is 9.95. The van der Waals surface area contributed by atoms with Gasteiger partial charge in [-0.2, -0.15) is 5.10 Å². The van der Waals surface area contributed by atoms with E-state index in [-0.39, 0.29) is 29.8 Å². The van der Waals surface area contributed by atoms with E-state index in [1.807, 2.05) is 41.8 Å². The molecule has 0 bridgehead atoms. The first-order valence-corrected chi connectivity index (χ1v) is 15.7. The summed E-state index contributed by atoms with van der Waals surface area (Å²) >= 11 is 2.72. The van der Waals surface area contributed by atoms with Gasteiger partial charge in [0.2, 0.25) is 0 Å². The van der Waals surface area contributed by atoms with Crippen molar-refractivity contribution in [2.75, 3.05) is 12.9 Å². The molecule has 2 aromatic heterocycles. The van der Waals surface area contributed by atoms with Gasteiger partial charge < -0.3 is 10.1 Å². The number of hydrazone groups is 1. The van der Waals surface area contributed by atoms with Crippen molar-refractivity contribution in [3.05, 3.63) is 124 Å². The highest BCUT2D eigenvalue weighted by molar-refractivity contribution is 7.99. The normalized spacial score (nSPS) is 14.3. The van der Waals surface area contributed by atoms with Crippen LogP contribution in [0, 0.1) is 11.6 Å². The predicted octanol–water partition coefficient (Wildman–Crippen LogP) is 6.02. The van der Waals surface area contributed by atoms with Crippen molar-refractivity contribution in [1.82, 2.24) is 25.1 Å². The molecule has 0 fully saturated rings. The Morgan fingerprint density at radius 2 is 1.80 bits per heavy atom. The SMILES string of the molecule is COc1ccc([C@@H]2CC(c3cccs3)=NN2C(=O)CSc2nnc(CNC(=O)c3cccc(F)c3)n2-c2ccc(F)cc2)cc1. The summed E-state index contributed by atoms with van der Waals surface area (Å²) < 4.78 is 34.4. The average Bonchev–Trinajstić information content (AvgIpc) is 3.83. The first-order valence-electron chi connectivity index (χ1n) is 13.8. The minimum Gasteiger partial charge on any atom is -0.497 e. The smallest absolute Gasteiger partial charge is 0.253 e. The van der Waals surface area contributed by atoms with E-state index in [9.17, 15) is 18.4 Å². The fourth-order valence-electron chi connectivity index (χ4n) is 4.86. The van der Waals surface area contributed by atoms with Crippen LogP contribution in [0.2, 0.25) is 0 Å². The van der Waals surface area contributed by atoms with Crippen molar-refractivity contribution in [2.45, 2.75) is 24.2 Å². The van der Waals surface area contributed by atoms with Gasteiger partial charge in [0.1, 0.15) is 17.4 Å². The van der Waals surface area contributed by atoms with E-state index in [0.29, 0.717) is 28.8 Å². The van der Waals surface area contributed by atoms with Crippen molar-refractivity contribution in [3.8, 4) is 11.4 Å². The van der Waals surface area contributed by atoms with Gasteiger partial charge in [-0.25, -0.2) is 13.8 Å². The molecule has 1 aliphatic rings. The van der Waals surface area contributed by atoms with Gasteiger partial charge in [-0.3, -0.25) is 14.2 Å². The molecule has 1 atom stereocenters. The molecule has 0 saturated carbocycles. The Balaban J connectivity index is 1.23. The summed E-state index contributed by atoms with van der Waals surface area (Å²) in [5, 5.41) is 19.8. The molecular formula is C32H26F2N6O3S2. The van der Waals surface area contributed by atoms with Crippen LogP contribution >= 0.6 is 23.1 Å². The summed E-state index contributed by atoms with van der Waals surface area (Å²) in [4.78, 5) is 27.4. The number of benzene rings is 3. The summed E-state index contributed by atoms with van der Waals surface area (Å²) in [6, 6.07) is 22.3. The second kappa shape index (κ2) is 13.4.